The van der Waals surface area contributed by atoms with Crippen LogP contribution in [0.3, 0.4) is 0 Å². The van der Waals surface area contributed by atoms with Crippen molar-refractivity contribution in [2.24, 2.45) is 0 Å². The Labute approximate surface area is 62.7 Å². The van der Waals surface area contributed by atoms with Gasteiger partial charge in [0.2, 0.25) is 0 Å². The summed E-state index contributed by atoms with van der Waals surface area (Å²) in [5.74, 6) is 2.50. The molecule has 0 aromatic rings. The molecule has 0 aromatic heterocycles. The molecule has 0 bridgehead atoms. The van der Waals surface area contributed by atoms with E-state index in [1.165, 1.54) is 24.3 Å². The van der Waals surface area contributed by atoms with E-state index in [9.17, 15) is 0 Å². The van der Waals surface area contributed by atoms with Crippen molar-refractivity contribution in [1.29, 1.82) is 0 Å². The molecule has 0 heterocycles. The molecule has 0 N–H and O–H groups in total. The lowest BCUT2D eigenvalue weighted by atomic mass is 10.4. The van der Waals surface area contributed by atoms with Gasteiger partial charge in [0.15, 0.2) is 0 Å². The van der Waals surface area contributed by atoms with Gasteiger partial charge in [0.25, 0.3) is 0 Å². The molecule has 9 heavy (non-hydrogen) atoms. The number of allylic oxidation sites excluding steroid dienone is 1. The van der Waals surface area contributed by atoms with Crippen molar-refractivity contribution in [2.45, 2.75) is 26.7 Å². The van der Waals surface area contributed by atoms with E-state index in [1.807, 2.05) is 11.8 Å². The van der Waals surface area contributed by atoms with Gasteiger partial charge in [-0.1, -0.05) is 26.0 Å². The third kappa shape index (κ3) is 8.09. The number of hydrogen-bond donors (Lipinski definition) is 0. The van der Waals surface area contributed by atoms with Crippen molar-refractivity contribution in [3.05, 3.63) is 12.2 Å². The molecule has 1 heteroatoms. The first kappa shape index (κ1) is 9.09. The maximum Gasteiger partial charge on any atom is 0.0113 e. The van der Waals surface area contributed by atoms with E-state index in [0.717, 1.165) is 0 Å². The van der Waals surface area contributed by atoms with Gasteiger partial charge < -0.3 is 0 Å². The fourth-order valence-corrected chi connectivity index (χ4v) is 1.26. The SMILES string of the molecule is CC/C=C\CSCCC. The van der Waals surface area contributed by atoms with Gasteiger partial charge in [-0.05, 0) is 18.6 Å². The predicted octanol–water partition coefficient (Wildman–Crippen LogP) is 3.10. The van der Waals surface area contributed by atoms with Crippen molar-refractivity contribution >= 4 is 11.8 Å². The lowest BCUT2D eigenvalue weighted by Crippen LogP contribution is -1.75. The zero-order chi connectivity index (χ0) is 6.95. The molecule has 0 saturated carbocycles. The Morgan fingerprint density at radius 3 is 2.56 bits per heavy atom. The van der Waals surface area contributed by atoms with Crippen LogP contribution in [0.15, 0.2) is 12.2 Å². The van der Waals surface area contributed by atoms with Gasteiger partial charge in [-0.2, -0.15) is 11.8 Å². The molecular formula is C8H16S. The fraction of sp³-hybridized carbons (Fsp3) is 0.750. The summed E-state index contributed by atoms with van der Waals surface area (Å²) in [5.41, 5.74) is 0. The molecule has 0 amide bonds. The Hall–Kier alpha value is 0.0900. The second kappa shape index (κ2) is 8.09. The molecular weight excluding hydrogens is 128 g/mol. The molecule has 0 unspecified atom stereocenters. The van der Waals surface area contributed by atoms with Crippen LogP contribution in [0.4, 0.5) is 0 Å². The van der Waals surface area contributed by atoms with Crippen LogP contribution in [-0.4, -0.2) is 11.5 Å². The molecule has 0 aliphatic heterocycles. The Kier molecular flexibility index (Phi) is 8.17. The summed E-state index contributed by atoms with van der Waals surface area (Å²) in [4.78, 5) is 0. The maximum absolute atomic E-state index is 2.25. The number of hydrogen-bond acceptors (Lipinski definition) is 1. The fourth-order valence-electron chi connectivity index (χ4n) is 0.530. The topological polar surface area (TPSA) is 0 Å². The summed E-state index contributed by atoms with van der Waals surface area (Å²) >= 11 is 2.01. The van der Waals surface area contributed by atoms with Crippen LogP contribution < -0.4 is 0 Å². The summed E-state index contributed by atoms with van der Waals surface area (Å²) in [7, 11) is 0. The zero-order valence-corrected chi connectivity index (χ0v) is 7.21. The van der Waals surface area contributed by atoms with Crippen molar-refractivity contribution in [2.75, 3.05) is 11.5 Å². The minimum Gasteiger partial charge on any atom is -0.158 e. The van der Waals surface area contributed by atoms with E-state index in [2.05, 4.69) is 26.0 Å². The Morgan fingerprint density at radius 2 is 2.00 bits per heavy atom. The highest BCUT2D eigenvalue weighted by atomic mass is 32.2. The summed E-state index contributed by atoms with van der Waals surface area (Å²) < 4.78 is 0. The molecule has 0 nitrogen and oxygen atoms in total. The number of thioether (sulfide) groups is 1. The highest BCUT2D eigenvalue weighted by molar-refractivity contribution is 7.99. The maximum atomic E-state index is 2.25. The first-order chi connectivity index (χ1) is 4.41. The second-order valence-electron chi connectivity index (χ2n) is 1.95. The van der Waals surface area contributed by atoms with Gasteiger partial charge in [-0.15, -0.1) is 0 Å². The Bertz CT molecular complexity index is 67.0. The summed E-state index contributed by atoms with van der Waals surface area (Å²) in [5, 5.41) is 0. The van der Waals surface area contributed by atoms with E-state index in [4.69, 9.17) is 0 Å². The molecule has 0 saturated heterocycles. The van der Waals surface area contributed by atoms with Crippen molar-refractivity contribution < 1.29 is 0 Å². The number of rotatable bonds is 5. The van der Waals surface area contributed by atoms with E-state index in [1.54, 1.807) is 0 Å². The highest BCUT2D eigenvalue weighted by Gasteiger charge is 1.79. The minimum absolute atomic E-state index is 1.17. The van der Waals surface area contributed by atoms with Gasteiger partial charge in [0.1, 0.15) is 0 Å². The monoisotopic (exact) mass is 144 g/mol. The molecule has 0 rings (SSSR count). The Balaban J connectivity index is 2.82. The predicted molar refractivity (Wildman–Crippen MR) is 47.0 cm³/mol. The quantitative estimate of drug-likeness (QED) is 0.422. The summed E-state index contributed by atoms with van der Waals surface area (Å²) in [6, 6.07) is 0. The molecule has 0 radical (unpaired) electrons. The van der Waals surface area contributed by atoms with Gasteiger partial charge in [0.05, 0.1) is 0 Å². The summed E-state index contributed by atoms with van der Waals surface area (Å²) in [6.45, 7) is 4.39. The minimum atomic E-state index is 1.17. The van der Waals surface area contributed by atoms with E-state index in [-0.39, 0.29) is 0 Å². The van der Waals surface area contributed by atoms with Gasteiger partial charge in [-0.3, -0.25) is 0 Å². The van der Waals surface area contributed by atoms with Gasteiger partial charge in [0, 0.05) is 5.75 Å². The van der Waals surface area contributed by atoms with Crippen LogP contribution in [0.1, 0.15) is 26.7 Å². The second-order valence-corrected chi connectivity index (χ2v) is 3.10. The first-order valence-corrected chi connectivity index (χ1v) is 4.80. The van der Waals surface area contributed by atoms with Crippen LogP contribution >= 0.6 is 11.8 Å². The van der Waals surface area contributed by atoms with Crippen LogP contribution in [0, 0.1) is 0 Å². The third-order valence-corrected chi connectivity index (χ3v) is 2.09. The standard InChI is InChI=1S/C8H16S/c1-3-5-6-8-9-7-4-2/h5-6H,3-4,7-8H2,1-2H3/b6-5-. The largest absolute Gasteiger partial charge is 0.158 e. The highest BCUT2D eigenvalue weighted by Crippen LogP contribution is 2.01. The smallest absolute Gasteiger partial charge is 0.0113 e. The molecule has 0 aliphatic rings. The van der Waals surface area contributed by atoms with Crippen LogP contribution in [0.2, 0.25) is 0 Å². The van der Waals surface area contributed by atoms with E-state index >= 15 is 0 Å². The molecule has 0 aromatic carbocycles. The molecule has 54 valence electrons. The zero-order valence-electron chi connectivity index (χ0n) is 6.39. The van der Waals surface area contributed by atoms with Gasteiger partial charge >= 0.3 is 0 Å². The van der Waals surface area contributed by atoms with Crippen molar-refractivity contribution in [3.63, 3.8) is 0 Å². The third-order valence-electron chi connectivity index (χ3n) is 0.965. The van der Waals surface area contributed by atoms with Crippen LogP contribution in [-0.2, 0) is 0 Å². The molecule has 0 atom stereocenters. The van der Waals surface area contributed by atoms with Crippen LogP contribution in [0.25, 0.3) is 0 Å². The van der Waals surface area contributed by atoms with Crippen molar-refractivity contribution in [1.82, 2.24) is 0 Å². The molecule has 0 aliphatic carbocycles. The normalized spacial score (nSPS) is 10.9. The lowest BCUT2D eigenvalue weighted by molar-refractivity contribution is 1.11. The Morgan fingerprint density at radius 1 is 1.22 bits per heavy atom. The average molecular weight is 144 g/mol. The molecule has 0 fully saturated rings. The summed E-state index contributed by atoms with van der Waals surface area (Å²) in [6.07, 6.45) is 6.94. The van der Waals surface area contributed by atoms with Crippen LogP contribution in [0.5, 0.6) is 0 Å². The van der Waals surface area contributed by atoms with Crippen molar-refractivity contribution in [3.8, 4) is 0 Å². The van der Waals surface area contributed by atoms with E-state index in [0.29, 0.717) is 0 Å². The lowest BCUT2D eigenvalue weighted by Gasteiger charge is -1.90. The molecule has 0 spiro atoms. The first-order valence-electron chi connectivity index (χ1n) is 3.64. The van der Waals surface area contributed by atoms with Gasteiger partial charge in [-0.25, -0.2) is 0 Å². The average Bonchev–Trinajstić information content (AvgIpc) is 1.89. The van der Waals surface area contributed by atoms with E-state index < -0.39 is 0 Å².